The van der Waals surface area contributed by atoms with Gasteiger partial charge in [-0.15, -0.1) is 0 Å². The second-order valence-electron chi connectivity index (χ2n) is 3.78. The molecule has 2 rings (SSSR count). The van der Waals surface area contributed by atoms with Gasteiger partial charge in [0.05, 0.1) is 22.0 Å². The van der Waals surface area contributed by atoms with Gasteiger partial charge in [-0.3, -0.25) is 4.79 Å². The zero-order valence-electron chi connectivity index (χ0n) is 9.75. The molecule has 1 heterocycles. The molecule has 3 nitrogen and oxygen atoms in total. The molecular weight excluding hydrogens is 275 g/mol. The predicted molar refractivity (Wildman–Crippen MR) is 71.5 cm³/mol. The molecule has 0 atom stereocenters. The number of Topliss-reactive ketones (excluding diaryl/α,β-unsaturated/α-hetero) is 1. The van der Waals surface area contributed by atoms with Gasteiger partial charge in [0.1, 0.15) is 10.8 Å². The van der Waals surface area contributed by atoms with Crippen molar-refractivity contribution in [3.8, 4) is 0 Å². The van der Waals surface area contributed by atoms with Crippen LogP contribution < -0.4 is 5.32 Å². The highest BCUT2D eigenvalue weighted by atomic mass is 35.5. The summed E-state index contributed by atoms with van der Waals surface area (Å²) in [6.45, 7) is 3.25. The zero-order valence-corrected chi connectivity index (χ0v) is 11.3. The van der Waals surface area contributed by atoms with E-state index in [9.17, 15) is 9.18 Å². The first kappa shape index (κ1) is 13.0. The summed E-state index contributed by atoms with van der Waals surface area (Å²) < 4.78 is 17.0. The van der Waals surface area contributed by atoms with Gasteiger partial charge in [-0.05, 0) is 43.6 Å². The maximum atomic E-state index is 12.9. The smallest absolute Gasteiger partial charge is 0.164 e. The molecule has 2 aromatic rings. The largest absolute Gasteiger partial charge is 0.344 e. The molecule has 0 saturated heterocycles. The van der Waals surface area contributed by atoms with Crippen LogP contribution in [0, 0.1) is 12.7 Å². The molecule has 0 radical (unpaired) electrons. The molecule has 0 spiro atoms. The van der Waals surface area contributed by atoms with Crippen molar-refractivity contribution in [2.45, 2.75) is 13.8 Å². The fourth-order valence-electron chi connectivity index (χ4n) is 1.58. The Bertz CT molecular complexity index is 612. The number of aromatic nitrogens is 1. The van der Waals surface area contributed by atoms with E-state index < -0.39 is 5.82 Å². The van der Waals surface area contributed by atoms with Crippen LogP contribution in [-0.4, -0.2) is 10.2 Å². The maximum absolute atomic E-state index is 12.9. The molecule has 0 aliphatic heterocycles. The van der Waals surface area contributed by atoms with Crippen LogP contribution in [0.3, 0.4) is 0 Å². The first-order valence-electron chi connectivity index (χ1n) is 5.18. The molecule has 1 aromatic carbocycles. The van der Waals surface area contributed by atoms with E-state index in [1.54, 1.807) is 6.92 Å². The number of hydrogen-bond donors (Lipinski definition) is 1. The number of benzene rings is 1. The van der Waals surface area contributed by atoms with Crippen LogP contribution in [0.4, 0.5) is 15.1 Å². The Balaban J connectivity index is 2.37. The summed E-state index contributed by atoms with van der Waals surface area (Å²) in [4.78, 5) is 11.5. The van der Waals surface area contributed by atoms with Crippen molar-refractivity contribution in [1.29, 1.82) is 0 Å². The number of rotatable bonds is 3. The van der Waals surface area contributed by atoms with Crippen LogP contribution in [0.5, 0.6) is 0 Å². The zero-order chi connectivity index (χ0) is 13.3. The van der Waals surface area contributed by atoms with E-state index in [4.69, 9.17) is 11.6 Å². The van der Waals surface area contributed by atoms with Crippen LogP contribution in [0.1, 0.15) is 23.0 Å². The van der Waals surface area contributed by atoms with Gasteiger partial charge in [-0.2, -0.15) is 4.37 Å². The first-order valence-corrected chi connectivity index (χ1v) is 6.33. The summed E-state index contributed by atoms with van der Waals surface area (Å²) >= 11 is 7.09. The van der Waals surface area contributed by atoms with E-state index in [2.05, 4.69) is 9.69 Å². The van der Waals surface area contributed by atoms with Crippen molar-refractivity contribution in [3.63, 3.8) is 0 Å². The quantitative estimate of drug-likeness (QED) is 0.859. The number of anilines is 2. The van der Waals surface area contributed by atoms with Gasteiger partial charge in [-0.25, -0.2) is 4.39 Å². The molecule has 0 aliphatic carbocycles. The third-order valence-electron chi connectivity index (χ3n) is 2.39. The van der Waals surface area contributed by atoms with E-state index in [1.807, 2.05) is 0 Å². The summed E-state index contributed by atoms with van der Waals surface area (Å²) in [6, 6.07) is 4.04. The minimum Gasteiger partial charge on any atom is -0.344 e. The number of aryl methyl sites for hydroxylation is 1. The van der Waals surface area contributed by atoms with Crippen molar-refractivity contribution in [2.24, 2.45) is 0 Å². The molecule has 6 heteroatoms. The van der Waals surface area contributed by atoms with Gasteiger partial charge in [0.25, 0.3) is 0 Å². The lowest BCUT2D eigenvalue weighted by molar-refractivity contribution is 0.101. The molecule has 0 aliphatic rings. The van der Waals surface area contributed by atoms with Crippen molar-refractivity contribution >= 4 is 39.6 Å². The van der Waals surface area contributed by atoms with Crippen molar-refractivity contribution < 1.29 is 9.18 Å². The van der Waals surface area contributed by atoms with Gasteiger partial charge in [0, 0.05) is 0 Å². The normalized spacial score (nSPS) is 10.4. The van der Waals surface area contributed by atoms with E-state index in [0.29, 0.717) is 21.9 Å². The van der Waals surface area contributed by atoms with Crippen LogP contribution >= 0.6 is 23.1 Å². The monoisotopic (exact) mass is 284 g/mol. The highest BCUT2D eigenvalue weighted by Crippen LogP contribution is 2.31. The molecule has 0 bridgehead atoms. The Hall–Kier alpha value is -1.46. The molecule has 94 valence electrons. The topological polar surface area (TPSA) is 42.0 Å². The minimum absolute atomic E-state index is 0.0676. The predicted octanol–water partition coefficient (Wildman–Crippen LogP) is 4.19. The summed E-state index contributed by atoms with van der Waals surface area (Å²) in [7, 11) is 0. The highest BCUT2D eigenvalue weighted by Gasteiger charge is 2.15. The van der Waals surface area contributed by atoms with E-state index >= 15 is 0 Å². The number of hydrogen-bond acceptors (Lipinski definition) is 4. The SMILES string of the molecule is CC(=O)c1c(C)nsc1Nc1ccc(F)cc1Cl. The highest BCUT2D eigenvalue weighted by molar-refractivity contribution is 7.10. The summed E-state index contributed by atoms with van der Waals surface area (Å²) in [5.41, 5.74) is 1.76. The molecule has 1 N–H and O–H groups in total. The number of nitrogens with zero attached hydrogens (tertiary/aromatic N) is 1. The standard InChI is InChI=1S/C12H10ClFN2OS/c1-6-11(7(2)17)12(18-16-6)15-10-4-3-8(14)5-9(10)13/h3-5,15H,1-2H3. The Labute approximate surface area is 113 Å². The van der Waals surface area contributed by atoms with Gasteiger partial charge in [0.2, 0.25) is 0 Å². The van der Waals surface area contributed by atoms with Crippen LogP contribution in [0.2, 0.25) is 5.02 Å². The van der Waals surface area contributed by atoms with E-state index in [1.165, 1.54) is 36.7 Å². The number of nitrogens with one attached hydrogen (secondary N) is 1. The van der Waals surface area contributed by atoms with Crippen molar-refractivity contribution in [3.05, 3.63) is 40.3 Å². The average molecular weight is 285 g/mol. The Morgan fingerprint density at radius 1 is 1.50 bits per heavy atom. The molecular formula is C12H10ClFN2OS. The van der Waals surface area contributed by atoms with E-state index in [-0.39, 0.29) is 10.8 Å². The fourth-order valence-corrected chi connectivity index (χ4v) is 2.66. The molecule has 18 heavy (non-hydrogen) atoms. The van der Waals surface area contributed by atoms with Crippen LogP contribution in [0.15, 0.2) is 18.2 Å². The second-order valence-corrected chi connectivity index (χ2v) is 4.96. The van der Waals surface area contributed by atoms with Crippen molar-refractivity contribution in [2.75, 3.05) is 5.32 Å². The lowest BCUT2D eigenvalue weighted by Crippen LogP contribution is -1.99. The third kappa shape index (κ3) is 2.52. The fraction of sp³-hybridized carbons (Fsp3) is 0.167. The minimum atomic E-state index is -0.405. The summed E-state index contributed by atoms with van der Waals surface area (Å²) in [6.07, 6.45) is 0. The number of carbonyl (C=O) groups excluding carboxylic acids is 1. The van der Waals surface area contributed by atoms with Gasteiger partial charge >= 0.3 is 0 Å². The molecule has 0 unspecified atom stereocenters. The molecule has 1 aromatic heterocycles. The molecule has 0 amide bonds. The second kappa shape index (κ2) is 5.04. The lowest BCUT2D eigenvalue weighted by atomic mass is 10.2. The van der Waals surface area contributed by atoms with Gasteiger partial charge < -0.3 is 5.32 Å². The summed E-state index contributed by atoms with van der Waals surface area (Å²) in [5.74, 6) is -0.472. The Kier molecular flexibility index (Phi) is 3.63. The van der Waals surface area contributed by atoms with Crippen molar-refractivity contribution in [1.82, 2.24) is 4.37 Å². The average Bonchev–Trinajstić information content (AvgIpc) is 2.64. The number of carbonyl (C=O) groups is 1. The van der Waals surface area contributed by atoms with E-state index in [0.717, 1.165) is 0 Å². The third-order valence-corrected chi connectivity index (χ3v) is 3.56. The van der Waals surface area contributed by atoms with Gasteiger partial charge in [-0.1, -0.05) is 11.6 Å². The number of ketones is 1. The maximum Gasteiger partial charge on any atom is 0.164 e. The summed E-state index contributed by atoms with van der Waals surface area (Å²) in [5, 5.41) is 3.89. The van der Waals surface area contributed by atoms with Gasteiger partial charge in [0.15, 0.2) is 5.78 Å². The Morgan fingerprint density at radius 3 is 2.83 bits per heavy atom. The van der Waals surface area contributed by atoms with Crippen LogP contribution in [0.25, 0.3) is 0 Å². The van der Waals surface area contributed by atoms with Crippen LogP contribution in [-0.2, 0) is 0 Å². The Morgan fingerprint density at radius 2 is 2.22 bits per heavy atom. The molecule has 0 fully saturated rings. The number of halogens is 2. The first-order chi connectivity index (χ1) is 8.49. The lowest BCUT2D eigenvalue weighted by Gasteiger charge is -2.07. The molecule has 0 saturated carbocycles.